The maximum absolute atomic E-state index is 13.6. The summed E-state index contributed by atoms with van der Waals surface area (Å²) in [4.78, 5) is 28.0. The largest absolute Gasteiger partial charge is 0.352 e. The summed E-state index contributed by atoms with van der Waals surface area (Å²) in [5.74, 6) is -0.777. The van der Waals surface area contributed by atoms with Crippen molar-refractivity contribution in [2.75, 3.05) is 17.1 Å². The first-order valence-corrected chi connectivity index (χ1v) is 13.5. The molecule has 9 heteroatoms. The Bertz CT molecular complexity index is 1140. The van der Waals surface area contributed by atoms with Crippen LogP contribution in [0.4, 0.5) is 5.69 Å². The van der Waals surface area contributed by atoms with Gasteiger partial charge in [0.15, 0.2) is 0 Å². The molecule has 0 spiro atoms. The van der Waals surface area contributed by atoms with E-state index in [1.807, 2.05) is 45.0 Å². The Labute approximate surface area is 208 Å². The monoisotopic (exact) mass is 507 g/mol. The minimum atomic E-state index is -3.81. The van der Waals surface area contributed by atoms with Crippen molar-refractivity contribution in [3.05, 3.63) is 64.2 Å². The molecule has 0 aliphatic heterocycles. The molecule has 0 radical (unpaired) electrons. The fraction of sp³-hybridized carbons (Fsp3) is 0.440. The van der Waals surface area contributed by atoms with E-state index in [1.165, 1.54) is 4.90 Å². The number of benzene rings is 2. The van der Waals surface area contributed by atoms with E-state index >= 15 is 0 Å². The van der Waals surface area contributed by atoms with E-state index in [4.69, 9.17) is 11.6 Å². The van der Waals surface area contributed by atoms with Gasteiger partial charge in [-0.15, -0.1) is 0 Å². The highest BCUT2D eigenvalue weighted by Gasteiger charge is 2.31. The molecular formula is C25H34ClN3O4S. The number of rotatable bonds is 10. The minimum absolute atomic E-state index is 0.0491. The maximum Gasteiger partial charge on any atom is 0.244 e. The summed E-state index contributed by atoms with van der Waals surface area (Å²) in [5.41, 5.74) is 2.73. The van der Waals surface area contributed by atoms with Crippen LogP contribution in [0.15, 0.2) is 42.5 Å². The van der Waals surface area contributed by atoms with Gasteiger partial charge in [0, 0.05) is 17.6 Å². The molecule has 0 saturated heterocycles. The highest BCUT2D eigenvalue weighted by molar-refractivity contribution is 7.92. The van der Waals surface area contributed by atoms with Crippen LogP contribution in [-0.4, -0.2) is 50.0 Å². The van der Waals surface area contributed by atoms with Crippen LogP contribution >= 0.6 is 11.6 Å². The molecule has 2 amide bonds. The number of amides is 2. The van der Waals surface area contributed by atoms with Crippen molar-refractivity contribution in [2.24, 2.45) is 0 Å². The van der Waals surface area contributed by atoms with Crippen molar-refractivity contribution >= 4 is 39.1 Å². The minimum Gasteiger partial charge on any atom is -0.352 e. The van der Waals surface area contributed by atoms with Crippen molar-refractivity contribution in [3.63, 3.8) is 0 Å². The van der Waals surface area contributed by atoms with Crippen molar-refractivity contribution in [1.82, 2.24) is 10.2 Å². The van der Waals surface area contributed by atoms with Crippen molar-refractivity contribution in [1.29, 1.82) is 0 Å². The number of nitrogens with zero attached hydrogens (tertiary/aromatic N) is 2. The highest BCUT2D eigenvalue weighted by Crippen LogP contribution is 2.28. The van der Waals surface area contributed by atoms with Gasteiger partial charge in [-0.1, -0.05) is 48.9 Å². The molecule has 0 heterocycles. The standard InChI is InChI=1S/C25H34ClN3O4S/c1-7-18(3)27-25(31)20(5)28(15-21-12-9-8-11-17(21)2)24(30)16-29(34(6,32)33)23-14-10-13-22(26)19(23)4/h8-14,18,20H,7,15-16H2,1-6H3,(H,27,31)/t18-,20+/m0/s1. The molecular weight excluding hydrogens is 474 g/mol. The quantitative estimate of drug-likeness (QED) is 0.525. The predicted octanol–water partition coefficient (Wildman–Crippen LogP) is 4.05. The first kappa shape index (κ1) is 27.7. The predicted molar refractivity (Wildman–Crippen MR) is 137 cm³/mol. The molecule has 0 aromatic heterocycles. The summed E-state index contributed by atoms with van der Waals surface area (Å²) in [6.45, 7) is 8.87. The molecule has 0 aliphatic carbocycles. The van der Waals surface area contributed by atoms with Crippen LogP contribution in [-0.2, 0) is 26.2 Å². The number of halogens is 1. The Balaban J connectivity index is 2.45. The van der Waals surface area contributed by atoms with Gasteiger partial charge < -0.3 is 10.2 Å². The molecule has 186 valence electrons. The third-order valence-electron chi connectivity index (χ3n) is 5.96. The molecule has 0 unspecified atom stereocenters. The molecule has 34 heavy (non-hydrogen) atoms. The molecule has 7 nitrogen and oxygen atoms in total. The lowest BCUT2D eigenvalue weighted by Gasteiger charge is -2.32. The Morgan fingerprint density at radius 3 is 2.29 bits per heavy atom. The van der Waals surface area contributed by atoms with Gasteiger partial charge in [-0.05, 0) is 62.9 Å². The van der Waals surface area contributed by atoms with E-state index in [1.54, 1.807) is 32.0 Å². The van der Waals surface area contributed by atoms with Gasteiger partial charge in [-0.25, -0.2) is 8.42 Å². The molecule has 2 aromatic rings. The molecule has 0 saturated carbocycles. The van der Waals surface area contributed by atoms with Crippen LogP contribution < -0.4 is 9.62 Å². The lowest BCUT2D eigenvalue weighted by molar-refractivity contribution is -0.139. The SMILES string of the molecule is CC[C@H](C)NC(=O)[C@@H](C)N(Cc1ccccc1C)C(=O)CN(c1cccc(Cl)c1C)S(C)(=O)=O. The summed E-state index contributed by atoms with van der Waals surface area (Å²) >= 11 is 6.22. The summed E-state index contributed by atoms with van der Waals surface area (Å²) in [6.07, 6.45) is 1.80. The van der Waals surface area contributed by atoms with Gasteiger partial charge in [-0.2, -0.15) is 0 Å². The molecule has 0 bridgehead atoms. The number of carbonyl (C=O) groups is 2. The van der Waals surface area contributed by atoms with Crippen LogP contribution in [0.25, 0.3) is 0 Å². The van der Waals surface area contributed by atoms with Crippen LogP contribution in [0.5, 0.6) is 0 Å². The number of anilines is 1. The van der Waals surface area contributed by atoms with Crippen LogP contribution in [0.2, 0.25) is 5.02 Å². The van der Waals surface area contributed by atoms with Gasteiger partial charge in [0.1, 0.15) is 12.6 Å². The Morgan fingerprint density at radius 1 is 1.06 bits per heavy atom. The van der Waals surface area contributed by atoms with E-state index in [0.29, 0.717) is 16.3 Å². The van der Waals surface area contributed by atoms with Crippen LogP contribution in [0, 0.1) is 13.8 Å². The lowest BCUT2D eigenvalue weighted by Crippen LogP contribution is -2.52. The number of hydrogen-bond acceptors (Lipinski definition) is 4. The maximum atomic E-state index is 13.6. The van der Waals surface area contributed by atoms with Crippen molar-refractivity contribution in [3.8, 4) is 0 Å². The second-order valence-corrected chi connectivity index (χ2v) is 10.9. The smallest absolute Gasteiger partial charge is 0.244 e. The second-order valence-electron chi connectivity index (χ2n) is 8.60. The van der Waals surface area contributed by atoms with Crippen molar-refractivity contribution in [2.45, 2.75) is 59.7 Å². The van der Waals surface area contributed by atoms with Crippen LogP contribution in [0.3, 0.4) is 0 Å². The topological polar surface area (TPSA) is 86.8 Å². The first-order valence-electron chi connectivity index (χ1n) is 11.2. The molecule has 0 aliphatic rings. The third kappa shape index (κ3) is 6.96. The Morgan fingerprint density at radius 2 is 1.71 bits per heavy atom. The van der Waals surface area contributed by atoms with Gasteiger partial charge in [-0.3, -0.25) is 13.9 Å². The molecule has 2 rings (SSSR count). The number of hydrogen-bond donors (Lipinski definition) is 1. The van der Waals surface area contributed by atoms with E-state index in [0.717, 1.165) is 28.1 Å². The Kier molecular flexibility index (Phi) is 9.53. The van der Waals surface area contributed by atoms with Gasteiger partial charge in [0.25, 0.3) is 0 Å². The number of aryl methyl sites for hydroxylation is 1. The lowest BCUT2D eigenvalue weighted by atomic mass is 10.1. The van der Waals surface area contributed by atoms with Gasteiger partial charge in [0.2, 0.25) is 21.8 Å². The van der Waals surface area contributed by atoms with Crippen molar-refractivity contribution < 1.29 is 18.0 Å². The average molecular weight is 508 g/mol. The number of sulfonamides is 1. The summed E-state index contributed by atoms with van der Waals surface area (Å²) in [5, 5.41) is 3.31. The first-order chi connectivity index (χ1) is 15.9. The summed E-state index contributed by atoms with van der Waals surface area (Å²) in [6, 6.07) is 11.7. The van der Waals surface area contributed by atoms with E-state index in [2.05, 4.69) is 5.32 Å². The number of carbonyl (C=O) groups excluding carboxylic acids is 2. The zero-order valence-corrected chi connectivity index (χ0v) is 22.2. The second kappa shape index (κ2) is 11.7. The highest BCUT2D eigenvalue weighted by atomic mass is 35.5. The third-order valence-corrected chi connectivity index (χ3v) is 7.49. The van der Waals surface area contributed by atoms with E-state index < -0.39 is 28.5 Å². The average Bonchev–Trinajstić information content (AvgIpc) is 2.77. The van der Waals surface area contributed by atoms with Gasteiger partial charge in [0.05, 0.1) is 11.9 Å². The zero-order valence-electron chi connectivity index (χ0n) is 20.6. The fourth-order valence-corrected chi connectivity index (χ4v) is 4.55. The summed E-state index contributed by atoms with van der Waals surface area (Å²) in [7, 11) is -3.81. The van der Waals surface area contributed by atoms with Crippen LogP contribution in [0.1, 0.15) is 43.9 Å². The van der Waals surface area contributed by atoms with E-state index in [9.17, 15) is 18.0 Å². The molecule has 2 atom stereocenters. The fourth-order valence-electron chi connectivity index (χ4n) is 3.48. The Hall–Kier alpha value is -2.58. The zero-order chi connectivity index (χ0) is 25.6. The molecule has 1 N–H and O–H groups in total. The molecule has 2 aromatic carbocycles. The number of nitrogens with one attached hydrogen (secondary N) is 1. The van der Waals surface area contributed by atoms with Gasteiger partial charge >= 0.3 is 0 Å². The molecule has 0 fully saturated rings. The normalized spacial score (nSPS) is 13.1. The summed E-state index contributed by atoms with van der Waals surface area (Å²) < 4.78 is 26.4. The van der Waals surface area contributed by atoms with E-state index in [-0.39, 0.29) is 18.5 Å².